The van der Waals surface area contributed by atoms with Crippen molar-refractivity contribution in [1.82, 2.24) is 0 Å². The van der Waals surface area contributed by atoms with Crippen LogP contribution in [0.1, 0.15) is 11.1 Å². The first-order chi connectivity index (χ1) is 9.22. The Morgan fingerprint density at radius 3 is 2.47 bits per heavy atom. The highest BCUT2D eigenvalue weighted by Crippen LogP contribution is 2.22. The molecule has 0 atom stereocenters. The molecular weight excluding hydrogens is 306 g/mol. The average molecular weight is 322 g/mol. The number of ether oxygens (including phenoxy) is 2. The lowest BCUT2D eigenvalue weighted by Gasteiger charge is -2.10. The molecule has 0 heterocycles. The molecule has 0 saturated carbocycles. The van der Waals surface area contributed by atoms with E-state index in [1.165, 1.54) is 0 Å². The van der Waals surface area contributed by atoms with E-state index in [1.807, 2.05) is 42.5 Å². The number of hydrogen-bond donors (Lipinski definition) is 1. The molecule has 2 aromatic carbocycles. The molecule has 19 heavy (non-hydrogen) atoms. The second kappa shape index (κ2) is 6.59. The molecule has 0 aliphatic heterocycles. The lowest BCUT2D eigenvalue weighted by Crippen LogP contribution is -2.02. The summed E-state index contributed by atoms with van der Waals surface area (Å²) >= 11 is 3.39. The van der Waals surface area contributed by atoms with Crippen LogP contribution in [0.3, 0.4) is 0 Å². The molecule has 0 unspecified atom stereocenters. The van der Waals surface area contributed by atoms with Gasteiger partial charge in [0.15, 0.2) is 0 Å². The summed E-state index contributed by atoms with van der Waals surface area (Å²) in [4.78, 5) is 0. The van der Waals surface area contributed by atoms with Crippen LogP contribution in [0, 0.1) is 0 Å². The van der Waals surface area contributed by atoms with E-state index >= 15 is 0 Å². The second-order valence-electron chi connectivity index (χ2n) is 4.09. The first kappa shape index (κ1) is 13.9. The lowest BCUT2D eigenvalue weighted by atomic mass is 10.1. The van der Waals surface area contributed by atoms with Gasteiger partial charge in [0.05, 0.1) is 7.11 Å². The van der Waals surface area contributed by atoms with Gasteiger partial charge in [-0.2, -0.15) is 0 Å². The predicted octanol–water partition coefficient (Wildman–Crippen LogP) is 3.50. The summed E-state index contributed by atoms with van der Waals surface area (Å²) in [6, 6.07) is 13.7. The summed E-state index contributed by atoms with van der Waals surface area (Å²) in [5, 5.41) is 0. The van der Waals surface area contributed by atoms with Crippen LogP contribution in [-0.4, -0.2) is 7.11 Å². The highest BCUT2D eigenvalue weighted by atomic mass is 79.9. The monoisotopic (exact) mass is 321 g/mol. The third kappa shape index (κ3) is 3.72. The fourth-order valence-electron chi connectivity index (χ4n) is 1.74. The SMILES string of the molecule is COc1cc(COc2ccc(Br)cc2)ccc1CN. The lowest BCUT2D eigenvalue weighted by molar-refractivity contribution is 0.305. The highest BCUT2D eigenvalue weighted by Gasteiger charge is 2.03. The maximum atomic E-state index is 5.71. The maximum Gasteiger partial charge on any atom is 0.123 e. The third-order valence-electron chi connectivity index (χ3n) is 2.79. The van der Waals surface area contributed by atoms with Crippen LogP contribution >= 0.6 is 15.9 Å². The predicted molar refractivity (Wildman–Crippen MR) is 79.4 cm³/mol. The number of rotatable bonds is 5. The standard InChI is InChI=1S/C15H16BrNO2/c1-18-15-8-11(2-3-12(15)9-17)10-19-14-6-4-13(16)5-7-14/h2-8H,9-10,17H2,1H3. The molecule has 0 bridgehead atoms. The van der Waals surface area contributed by atoms with Gasteiger partial charge in [-0.3, -0.25) is 0 Å². The zero-order valence-corrected chi connectivity index (χ0v) is 12.3. The number of nitrogens with two attached hydrogens (primary N) is 1. The minimum absolute atomic E-state index is 0.469. The average Bonchev–Trinajstić information content (AvgIpc) is 2.46. The molecule has 3 nitrogen and oxygen atoms in total. The van der Waals surface area contributed by atoms with E-state index in [4.69, 9.17) is 15.2 Å². The van der Waals surface area contributed by atoms with Gasteiger partial charge in [0.1, 0.15) is 18.1 Å². The Labute approximate surface area is 121 Å². The second-order valence-corrected chi connectivity index (χ2v) is 5.01. The van der Waals surface area contributed by atoms with Crippen molar-refractivity contribution in [1.29, 1.82) is 0 Å². The molecule has 0 fully saturated rings. The Kier molecular flexibility index (Phi) is 4.82. The topological polar surface area (TPSA) is 44.5 Å². The van der Waals surface area contributed by atoms with Crippen LogP contribution < -0.4 is 15.2 Å². The van der Waals surface area contributed by atoms with Gasteiger partial charge < -0.3 is 15.2 Å². The third-order valence-corrected chi connectivity index (χ3v) is 3.32. The molecule has 0 saturated heterocycles. The highest BCUT2D eigenvalue weighted by molar-refractivity contribution is 9.10. The quantitative estimate of drug-likeness (QED) is 0.916. The van der Waals surface area contributed by atoms with Crippen molar-refractivity contribution >= 4 is 15.9 Å². The Morgan fingerprint density at radius 1 is 1.11 bits per heavy atom. The van der Waals surface area contributed by atoms with Crippen LogP contribution in [0.5, 0.6) is 11.5 Å². The zero-order valence-electron chi connectivity index (χ0n) is 10.7. The number of methoxy groups -OCH3 is 1. The maximum absolute atomic E-state index is 5.71. The minimum atomic E-state index is 0.469. The summed E-state index contributed by atoms with van der Waals surface area (Å²) < 4.78 is 12.1. The van der Waals surface area contributed by atoms with E-state index in [0.717, 1.165) is 27.1 Å². The summed E-state index contributed by atoms with van der Waals surface area (Å²) in [7, 11) is 1.65. The van der Waals surface area contributed by atoms with Crippen molar-refractivity contribution in [3.63, 3.8) is 0 Å². The van der Waals surface area contributed by atoms with Crippen LogP contribution in [0.25, 0.3) is 0 Å². The van der Waals surface area contributed by atoms with Gasteiger partial charge >= 0.3 is 0 Å². The largest absolute Gasteiger partial charge is 0.496 e. The first-order valence-electron chi connectivity index (χ1n) is 5.97. The zero-order chi connectivity index (χ0) is 13.7. The number of benzene rings is 2. The van der Waals surface area contributed by atoms with Crippen LogP contribution in [0.15, 0.2) is 46.9 Å². The van der Waals surface area contributed by atoms with E-state index in [1.54, 1.807) is 7.11 Å². The smallest absolute Gasteiger partial charge is 0.123 e. The van der Waals surface area contributed by atoms with Crippen molar-refractivity contribution < 1.29 is 9.47 Å². The molecule has 0 aliphatic rings. The summed E-state index contributed by atoms with van der Waals surface area (Å²) in [6.07, 6.45) is 0. The van der Waals surface area contributed by atoms with Crippen LogP contribution in [-0.2, 0) is 13.2 Å². The van der Waals surface area contributed by atoms with Crippen LogP contribution in [0.2, 0.25) is 0 Å². The Hall–Kier alpha value is -1.52. The van der Waals surface area contributed by atoms with E-state index < -0.39 is 0 Å². The molecule has 4 heteroatoms. The summed E-state index contributed by atoms with van der Waals surface area (Å²) in [5.41, 5.74) is 7.69. The van der Waals surface area contributed by atoms with E-state index in [2.05, 4.69) is 15.9 Å². The van der Waals surface area contributed by atoms with Crippen molar-refractivity contribution in [2.45, 2.75) is 13.2 Å². The van der Waals surface area contributed by atoms with Gasteiger partial charge in [-0.05, 0) is 35.9 Å². The Morgan fingerprint density at radius 2 is 1.84 bits per heavy atom. The van der Waals surface area contributed by atoms with Gasteiger partial charge in [-0.25, -0.2) is 0 Å². The Balaban J connectivity index is 2.05. The van der Waals surface area contributed by atoms with Crippen molar-refractivity contribution in [2.24, 2.45) is 5.73 Å². The molecule has 2 aromatic rings. The van der Waals surface area contributed by atoms with Crippen LogP contribution in [0.4, 0.5) is 0 Å². The molecular formula is C15H16BrNO2. The fraction of sp³-hybridized carbons (Fsp3) is 0.200. The number of hydrogen-bond acceptors (Lipinski definition) is 3. The normalized spacial score (nSPS) is 10.3. The number of halogens is 1. The summed E-state index contributed by atoms with van der Waals surface area (Å²) in [6.45, 7) is 0.972. The Bertz CT molecular complexity index is 540. The van der Waals surface area contributed by atoms with E-state index in [0.29, 0.717) is 13.2 Å². The minimum Gasteiger partial charge on any atom is -0.496 e. The van der Waals surface area contributed by atoms with Crippen molar-refractivity contribution in [3.05, 3.63) is 58.1 Å². The van der Waals surface area contributed by atoms with Crippen molar-refractivity contribution in [3.8, 4) is 11.5 Å². The molecule has 0 aromatic heterocycles. The first-order valence-corrected chi connectivity index (χ1v) is 6.76. The van der Waals surface area contributed by atoms with Gasteiger partial charge in [-0.15, -0.1) is 0 Å². The molecule has 0 radical (unpaired) electrons. The summed E-state index contributed by atoms with van der Waals surface area (Å²) in [5.74, 6) is 1.64. The molecule has 0 spiro atoms. The molecule has 0 aliphatic carbocycles. The van der Waals surface area contributed by atoms with Gasteiger partial charge in [0.25, 0.3) is 0 Å². The fourth-order valence-corrected chi connectivity index (χ4v) is 2.01. The van der Waals surface area contributed by atoms with Gasteiger partial charge in [0, 0.05) is 16.6 Å². The van der Waals surface area contributed by atoms with Gasteiger partial charge in [-0.1, -0.05) is 28.1 Å². The van der Waals surface area contributed by atoms with E-state index in [-0.39, 0.29) is 0 Å². The molecule has 2 N–H and O–H groups in total. The van der Waals surface area contributed by atoms with Gasteiger partial charge in [0.2, 0.25) is 0 Å². The van der Waals surface area contributed by atoms with Crippen molar-refractivity contribution in [2.75, 3.05) is 7.11 Å². The molecule has 0 amide bonds. The molecule has 2 rings (SSSR count). The van der Waals surface area contributed by atoms with E-state index in [9.17, 15) is 0 Å². The molecule has 100 valence electrons.